The number of nitrogens with one attached hydrogen (secondary N) is 1. The highest BCUT2D eigenvalue weighted by Gasteiger charge is 2.48. The predicted molar refractivity (Wildman–Crippen MR) is 56.3 cm³/mol. The van der Waals surface area contributed by atoms with Crippen LogP contribution in [0.4, 0.5) is 13.2 Å². The number of ether oxygens (including phenoxy) is 1. The summed E-state index contributed by atoms with van der Waals surface area (Å²) in [5.41, 5.74) is 0.0208. The Morgan fingerprint density at radius 3 is 2.44 bits per heavy atom. The molecule has 0 bridgehead atoms. The zero-order valence-corrected chi connectivity index (χ0v) is 10.0. The average Bonchev–Trinajstić information content (AvgIpc) is 2.13. The maximum atomic E-state index is 11.9. The van der Waals surface area contributed by atoms with E-state index in [1.54, 1.807) is 0 Å². The Labute approximate surface area is 94.5 Å². The SMILES string of the molecule is CNC1CC(OCCCC(F)(F)F)C1(C)C. The molecule has 1 aliphatic rings. The highest BCUT2D eigenvalue weighted by Crippen LogP contribution is 2.42. The van der Waals surface area contributed by atoms with Crippen LogP contribution in [-0.4, -0.2) is 32.0 Å². The minimum absolute atomic E-state index is 0.0208. The Morgan fingerprint density at radius 1 is 1.38 bits per heavy atom. The van der Waals surface area contributed by atoms with Crippen LogP contribution in [0.25, 0.3) is 0 Å². The molecule has 0 amide bonds. The quantitative estimate of drug-likeness (QED) is 0.745. The van der Waals surface area contributed by atoms with Crippen molar-refractivity contribution < 1.29 is 17.9 Å². The molecule has 0 aromatic rings. The molecule has 0 radical (unpaired) electrons. The van der Waals surface area contributed by atoms with E-state index in [1.807, 2.05) is 7.05 Å². The third-order valence-corrected chi connectivity index (χ3v) is 3.45. The second kappa shape index (κ2) is 4.92. The minimum atomic E-state index is -4.06. The largest absolute Gasteiger partial charge is 0.389 e. The molecule has 1 rings (SSSR count). The molecule has 2 atom stereocenters. The third kappa shape index (κ3) is 3.35. The fraction of sp³-hybridized carbons (Fsp3) is 1.00. The van der Waals surface area contributed by atoms with Gasteiger partial charge in [-0.15, -0.1) is 0 Å². The van der Waals surface area contributed by atoms with Gasteiger partial charge in [-0.05, 0) is 19.9 Å². The lowest BCUT2D eigenvalue weighted by Gasteiger charge is -2.51. The number of halogens is 3. The smallest absolute Gasteiger partial charge is 0.378 e. The summed E-state index contributed by atoms with van der Waals surface area (Å²) in [6, 6.07) is 0.403. The van der Waals surface area contributed by atoms with E-state index in [-0.39, 0.29) is 24.5 Å². The molecule has 0 aromatic heterocycles. The first kappa shape index (κ1) is 13.8. The van der Waals surface area contributed by atoms with Crippen molar-refractivity contribution in [2.45, 2.75) is 51.4 Å². The molecule has 1 fully saturated rings. The van der Waals surface area contributed by atoms with Gasteiger partial charge in [-0.25, -0.2) is 0 Å². The van der Waals surface area contributed by atoms with Crippen molar-refractivity contribution in [2.24, 2.45) is 5.41 Å². The van der Waals surface area contributed by atoms with E-state index in [2.05, 4.69) is 19.2 Å². The van der Waals surface area contributed by atoms with Gasteiger partial charge in [0.2, 0.25) is 0 Å². The number of hydrogen-bond acceptors (Lipinski definition) is 2. The van der Waals surface area contributed by atoms with Gasteiger partial charge in [0.15, 0.2) is 0 Å². The topological polar surface area (TPSA) is 21.3 Å². The van der Waals surface area contributed by atoms with Crippen LogP contribution in [0.1, 0.15) is 33.1 Å². The Balaban J connectivity index is 2.16. The highest BCUT2D eigenvalue weighted by molar-refractivity contribution is 5.02. The van der Waals surface area contributed by atoms with Gasteiger partial charge >= 0.3 is 6.18 Å². The maximum Gasteiger partial charge on any atom is 0.389 e. The summed E-state index contributed by atoms with van der Waals surface area (Å²) in [5, 5.41) is 3.18. The van der Waals surface area contributed by atoms with Crippen LogP contribution in [-0.2, 0) is 4.74 Å². The van der Waals surface area contributed by atoms with Crippen LogP contribution in [0, 0.1) is 5.41 Å². The van der Waals surface area contributed by atoms with Crippen molar-refractivity contribution in [3.8, 4) is 0 Å². The van der Waals surface area contributed by atoms with Crippen molar-refractivity contribution >= 4 is 0 Å². The van der Waals surface area contributed by atoms with Crippen molar-refractivity contribution in [2.75, 3.05) is 13.7 Å². The van der Waals surface area contributed by atoms with Gasteiger partial charge in [0, 0.05) is 24.5 Å². The van der Waals surface area contributed by atoms with E-state index in [9.17, 15) is 13.2 Å². The molecular weight excluding hydrogens is 219 g/mol. The van der Waals surface area contributed by atoms with Gasteiger partial charge in [-0.2, -0.15) is 13.2 Å². The first-order valence-corrected chi connectivity index (χ1v) is 5.63. The van der Waals surface area contributed by atoms with Crippen molar-refractivity contribution in [1.29, 1.82) is 0 Å². The van der Waals surface area contributed by atoms with Crippen LogP contribution in [0.5, 0.6) is 0 Å². The summed E-state index contributed by atoms with van der Waals surface area (Å²) >= 11 is 0. The first-order valence-electron chi connectivity index (χ1n) is 5.63. The van der Waals surface area contributed by atoms with E-state index in [0.29, 0.717) is 6.04 Å². The third-order valence-electron chi connectivity index (χ3n) is 3.45. The summed E-state index contributed by atoms with van der Waals surface area (Å²) in [5.74, 6) is 0. The molecule has 0 saturated heterocycles. The lowest BCUT2D eigenvalue weighted by Crippen LogP contribution is -2.60. The molecule has 16 heavy (non-hydrogen) atoms. The van der Waals surface area contributed by atoms with Crippen molar-refractivity contribution in [1.82, 2.24) is 5.32 Å². The zero-order valence-electron chi connectivity index (χ0n) is 10.0. The molecule has 1 saturated carbocycles. The molecule has 0 heterocycles. The van der Waals surface area contributed by atoms with Gasteiger partial charge < -0.3 is 10.1 Å². The standard InChI is InChI=1S/C11H20F3NO/c1-10(2)8(15-3)7-9(10)16-6-4-5-11(12,13)14/h8-9,15H,4-7H2,1-3H3. The van der Waals surface area contributed by atoms with E-state index in [0.717, 1.165) is 6.42 Å². The van der Waals surface area contributed by atoms with Crippen LogP contribution in [0.2, 0.25) is 0 Å². The minimum Gasteiger partial charge on any atom is -0.378 e. The molecular formula is C11H20F3NO. The fourth-order valence-corrected chi connectivity index (χ4v) is 2.16. The molecule has 2 unspecified atom stereocenters. The summed E-state index contributed by atoms with van der Waals surface area (Å²) < 4.78 is 41.1. The molecule has 2 nitrogen and oxygen atoms in total. The van der Waals surface area contributed by atoms with Gasteiger partial charge in [-0.1, -0.05) is 13.8 Å². The Kier molecular flexibility index (Phi) is 4.23. The van der Waals surface area contributed by atoms with E-state index < -0.39 is 12.6 Å². The molecule has 96 valence electrons. The maximum absolute atomic E-state index is 11.9. The number of hydrogen-bond donors (Lipinski definition) is 1. The van der Waals surface area contributed by atoms with Gasteiger partial charge in [-0.3, -0.25) is 0 Å². The zero-order chi connectivity index (χ0) is 12.4. The monoisotopic (exact) mass is 239 g/mol. The molecule has 1 aliphatic carbocycles. The summed E-state index contributed by atoms with van der Waals surface area (Å²) in [6.07, 6.45) is -3.80. The second-order valence-corrected chi connectivity index (χ2v) is 4.98. The number of alkyl halides is 3. The predicted octanol–water partition coefficient (Wildman–Crippen LogP) is 2.73. The Hall–Kier alpha value is -0.290. The lowest BCUT2D eigenvalue weighted by molar-refractivity contribution is -0.148. The first-order chi connectivity index (χ1) is 7.27. The molecule has 0 spiro atoms. The van der Waals surface area contributed by atoms with Gasteiger partial charge in [0.1, 0.15) is 0 Å². The van der Waals surface area contributed by atoms with Gasteiger partial charge in [0.05, 0.1) is 6.10 Å². The van der Waals surface area contributed by atoms with Crippen LogP contribution in [0.15, 0.2) is 0 Å². The Bertz CT molecular complexity index is 228. The van der Waals surface area contributed by atoms with E-state index in [1.165, 1.54) is 0 Å². The molecule has 0 aromatic carbocycles. The fourth-order valence-electron chi connectivity index (χ4n) is 2.16. The Morgan fingerprint density at radius 2 is 2.00 bits per heavy atom. The summed E-state index contributed by atoms with van der Waals surface area (Å²) in [4.78, 5) is 0. The molecule has 0 aliphatic heterocycles. The molecule has 1 N–H and O–H groups in total. The lowest BCUT2D eigenvalue weighted by atomic mass is 9.64. The molecule has 5 heteroatoms. The average molecular weight is 239 g/mol. The summed E-state index contributed by atoms with van der Waals surface area (Å²) in [6.45, 7) is 4.35. The normalized spacial score (nSPS) is 28.9. The van der Waals surface area contributed by atoms with Crippen LogP contribution >= 0.6 is 0 Å². The van der Waals surface area contributed by atoms with E-state index in [4.69, 9.17) is 4.74 Å². The second-order valence-electron chi connectivity index (χ2n) is 4.98. The van der Waals surface area contributed by atoms with Crippen molar-refractivity contribution in [3.63, 3.8) is 0 Å². The van der Waals surface area contributed by atoms with Gasteiger partial charge in [0.25, 0.3) is 0 Å². The van der Waals surface area contributed by atoms with Crippen LogP contribution < -0.4 is 5.32 Å². The highest BCUT2D eigenvalue weighted by atomic mass is 19.4. The van der Waals surface area contributed by atoms with Crippen molar-refractivity contribution in [3.05, 3.63) is 0 Å². The summed E-state index contributed by atoms with van der Waals surface area (Å²) in [7, 11) is 1.90. The number of rotatable bonds is 5. The van der Waals surface area contributed by atoms with Crippen LogP contribution in [0.3, 0.4) is 0 Å². The van der Waals surface area contributed by atoms with E-state index >= 15 is 0 Å².